The Balaban J connectivity index is 1.18. The minimum atomic E-state index is -3.59. The highest BCUT2D eigenvalue weighted by Gasteiger charge is 2.35. The van der Waals surface area contributed by atoms with Crippen molar-refractivity contribution in [1.29, 1.82) is 0 Å². The SMILES string of the molecule is O=C(C1CCN(S(=O)(=O)Cc2c(Cl)cccc2Cl)CC1)N1CCN(C(c2ccccc2)c2ccccc2)CC1. The molecule has 206 valence electrons. The van der Waals surface area contributed by atoms with Crippen LogP contribution in [0.2, 0.25) is 10.0 Å². The van der Waals surface area contributed by atoms with E-state index in [1.165, 1.54) is 15.4 Å². The third kappa shape index (κ3) is 6.50. The van der Waals surface area contributed by atoms with Gasteiger partial charge >= 0.3 is 0 Å². The molecule has 39 heavy (non-hydrogen) atoms. The number of amides is 1. The van der Waals surface area contributed by atoms with Gasteiger partial charge in [0.25, 0.3) is 0 Å². The summed E-state index contributed by atoms with van der Waals surface area (Å²) >= 11 is 12.4. The van der Waals surface area contributed by atoms with Crippen LogP contribution in [0, 0.1) is 5.92 Å². The zero-order chi connectivity index (χ0) is 27.4. The van der Waals surface area contributed by atoms with E-state index in [0.717, 1.165) is 13.1 Å². The van der Waals surface area contributed by atoms with E-state index < -0.39 is 10.0 Å². The fourth-order valence-corrected chi connectivity index (χ4v) is 7.98. The van der Waals surface area contributed by atoms with Gasteiger partial charge in [-0.25, -0.2) is 12.7 Å². The highest BCUT2D eigenvalue weighted by molar-refractivity contribution is 7.88. The molecular formula is C30H33Cl2N3O3S. The first-order valence-corrected chi connectivity index (χ1v) is 15.7. The van der Waals surface area contributed by atoms with E-state index in [0.29, 0.717) is 54.6 Å². The van der Waals surface area contributed by atoms with E-state index in [9.17, 15) is 13.2 Å². The van der Waals surface area contributed by atoms with Crippen LogP contribution in [0.3, 0.4) is 0 Å². The zero-order valence-corrected chi connectivity index (χ0v) is 24.1. The normalized spacial score (nSPS) is 18.0. The number of piperidine rings is 1. The molecule has 2 fully saturated rings. The van der Waals surface area contributed by atoms with E-state index in [1.807, 2.05) is 17.0 Å². The summed E-state index contributed by atoms with van der Waals surface area (Å²) in [4.78, 5) is 17.8. The highest BCUT2D eigenvalue weighted by Crippen LogP contribution is 2.31. The van der Waals surface area contributed by atoms with Crippen LogP contribution in [0.25, 0.3) is 0 Å². The Morgan fingerprint density at radius 2 is 1.26 bits per heavy atom. The summed E-state index contributed by atoms with van der Waals surface area (Å²) in [6.07, 6.45) is 1.04. The Hall–Kier alpha value is -2.42. The molecule has 9 heteroatoms. The molecule has 0 atom stereocenters. The summed E-state index contributed by atoms with van der Waals surface area (Å²) in [6, 6.07) is 26.1. The Bertz CT molecular complexity index is 1310. The van der Waals surface area contributed by atoms with Crippen molar-refractivity contribution < 1.29 is 13.2 Å². The number of carbonyl (C=O) groups is 1. The number of halogens is 2. The van der Waals surface area contributed by atoms with E-state index in [4.69, 9.17) is 23.2 Å². The quantitative estimate of drug-likeness (QED) is 0.369. The van der Waals surface area contributed by atoms with Gasteiger partial charge in [0.15, 0.2) is 0 Å². The van der Waals surface area contributed by atoms with Crippen LogP contribution in [-0.2, 0) is 20.6 Å². The van der Waals surface area contributed by atoms with Crippen LogP contribution in [0.15, 0.2) is 78.9 Å². The molecule has 0 N–H and O–H groups in total. The van der Waals surface area contributed by atoms with Gasteiger partial charge in [0.2, 0.25) is 15.9 Å². The molecule has 3 aromatic carbocycles. The van der Waals surface area contributed by atoms with Crippen molar-refractivity contribution in [1.82, 2.24) is 14.1 Å². The third-order valence-electron chi connectivity index (χ3n) is 7.81. The van der Waals surface area contributed by atoms with E-state index >= 15 is 0 Å². The zero-order valence-electron chi connectivity index (χ0n) is 21.8. The molecule has 2 aliphatic rings. The average Bonchev–Trinajstić information content (AvgIpc) is 2.96. The Kier molecular flexibility index (Phi) is 8.94. The van der Waals surface area contributed by atoms with Crippen molar-refractivity contribution in [3.63, 3.8) is 0 Å². The van der Waals surface area contributed by atoms with E-state index in [1.54, 1.807) is 18.2 Å². The number of nitrogens with zero attached hydrogens (tertiary/aromatic N) is 3. The molecule has 1 amide bonds. The van der Waals surface area contributed by atoms with Gasteiger partial charge in [-0.3, -0.25) is 9.69 Å². The minimum Gasteiger partial charge on any atom is -0.340 e. The summed E-state index contributed by atoms with van der Waals surface area (Å²) in [5, 5.41) is 0.689. The fourth-order valence-electron chi connectivity index (χ4n) is 5.67. The van der Waals surface area contributed by atoms with Crippen LogP contribution in [0.4, 0.5) is 0 Å². The summed E-state index contributed by atoms with van der Waals surface area (Å²) in [5.41, 5.74) is 2.91. The maximum atomic E-state index is 13.4. The Labute approximate surface area is 241 Å². The second-order valence-electron chi connectivity index (χ2n) is 10.2. The first-order chi connectivity index (χ1) is 18.8. The molecule has 2 aliphatic heterocycles. The van der Waals surface area contributed by atoms with Crippen molar-refractivity contribution in [3.8, 4) is 0 Å². The lowest BCUT2D eigenvalue weighted by Gasteiger charge is -2.41. The molecule has 5 rings (SSSR count). The molecule has 6 nitrogen and oxygen atoms in total. The average molecular weight is 587 g/mol. The van der Waals surface area contributed by atoms with Crippen LogP contribution < -0.4 is 0 Å². The number of hydrogen-bond donors (Lipinski definition) is 0. The largest absolute Gasteiger partial charge is 0.340 e. The summed E-state index contributed by atoms with van der Waals surface area (Å²) in [5.74, 6) is -0.265. The van der Waals surface area contributed by atoms with Gasteiger partial charge < -0.3 is 4.90 Å². The Morgan fingerprint density at radius 3 is 1.77 bits per heavy atom. The molecule has 0 radical (unpaired) electrons. The molecule has 0 unspecified atom stereocenters. The van der Waals surface area contributed by atoms with Crippen LogP contribution >= 0.6 is 23.2 Å². The van der Waals surface area contributed by atoms with Gasteiger partial charge in [0.05, 0.1) is 11.8 Å². The third-order valence-corrected chi connectivity index (χ3v) is 10.3. The number of piperazine rings is 1. The second-order valence-corrected chi connectivity index (χ2v) is 13.0. The molecule has 0 saturated carbocycles. The molecule has 0 spiro atoms. The summed E-state index contributed by atoms with van der Waals surface area (Å²) < 4.78 is 27.6. The first kappa shape index (κ1) is 28.1. The predicted molar refractivity (Wildman–Crippen MR) is 156 cm³/mol. The van der Waals surface area contributed by atoms with Crippen LogP contribution in [0.1, 0.15) is 35.6 Å². The molecular weight excluding hydrogens is 553 g/mol. The lowest BCUT2D eigenvalue weighted by atomic mass is 9.95. The van der Waals surface area contributed by atoms with Crippen molar-refractivity contribution in [2.24, 2.45) is 5.92 Å². The van der Waals surface area contributed by atoms with Crippen LogP contribution in [0.5, 0.6) is 0 Å². The fraction of sp³-hybridized carbons (Fsp3) is 0.367. The van der Waals surface area contributed by atoms with Crippen molar-refractivity contribution in [2.75, 3.05) is 39.3 Å². The van der Waals surface area contributed by atoms with Gasteiger partial charge in [-0.2, -0.15) is 0 Å². The Morgan fingerprint density at radius 1 is 0.744 bits per heavy atom. The van der Waals surface area contributed by atoms with E-state index in [2.05, 4.69) is 53.4 Å². The number of sulfonamides is 1. The first-order valence-electron chi connectivity index (χ1n) is 13.4. The van der Waals surface area contributed by atoms with Crippen LogP contribution in [-0.4, -0.2) is 67.7 Å². The lowest BCUT2D eigenvalue weighted by Crippen LogP contribution is -2.52. The summed E-state index contributed by atoms with van der Waals surface area (Å²) in [6.45, 7) is 3.55. The molecule has 0 bridgehead atoms. The molecule has 2 saturated heterocycles. The second kappa shape index (κ2) is 12.4. The topological polar surface area (TPSA) is 60.9 Å². The van der Waals surface area contributed by atoms with Gasteiger partial charge in [-0.05, 0) is 36.1 Å². The number of carbonyl (C=O) groups excluding carboxylic acids is 1. The number of benzene rings is 3. The van der Waals surface area contributed by atoms with Gasteiger partial charge in [0, 0.05) is 60.8 Å². The van der Waals surface area contributed by atoms with E-state index in [-0.39, 0.29) is 23.6 Å². The van der Waals surface area contributed by atoms with Gasteiger partial charge in [0.1, 0.15) is 0 Å². The van der Waals surface area contributed by atoms with Crippen molar-refractivity contribution in [3.05, 3.63) is 106 Å². The summed E-state index contributed by atoms with van der Waals surface area (Å²) in [7, 11) is -3.59. The van der Waals surface area contributed by atoms with Gasteiger partial charge in [-0.15, -0.1) is 0 Å². The monoisotopic (exact) mass is 585 g/mol. The van der Waals surface area contributed by atoms with Gasteiger partial charge in [-0.1, -0.05) is 89.9 Å². The van der Waals surface area contributed by atoms with Crippen molar-refractivity contribution >= 4 is 39.1 Å². The highest BCUT2D eigenvalue weighted by atomic mass is 35.5. The predicted octanol–water partition coefficient (Wildman–Crippen LogP) is 5.47. The number of hydrogen-bond acceptors (Lipinski definition) is 4. The lowest BCUT2D eigenvalue weighted by molar-refractivity contribution is -0.138. The standard InChI is InChI=1S/C30H33Cl2N3O3S/c31-27-12-7-13-28(32)26(27)22-39(37,38)35-16-14-25(15-17-35)30(36)34-20-18-33(19-21-34)29(23-8-3-1-4-9-23)24-10-5-2-6-11-24/h1-13,25,29H,14-22H2. The maximum absolute atomic E-state index is 13.4. The molecule has 3 aromatic rings. The molecule has 2 heterocycles. The van der Waals surface area contributed by atoms with Crippen molar-refractivity contribution in [2.45, 2.75) is 24.6 Å². The minimum absolute atomic E-state index is 0.136. The number of rotatable bonds is 7. The smallest absolute Gasteiger partial charge is 0.225 e. The maximum Gasteiger partial charge on any atom is 0.225 e. The molecule has 0 aliphatic carbocycles. The molecule has 0 aromatic heterocycles.